The van der Waals surface area contributed by atoms with E-state index in [0.29, 0.717) is 0 Å². The molecule has 23 heavy (non-hydrogen) atoms. The predicted molar refractivity (Wildman–Crippen MR) is 90.6 cm³/mol. The van der Waals surface area contributed by atoms with Crippen molar-refractivity contribution in [2.45, 2.75) is 6.92 Å². The van der Waals surface area contributed by atoms with Crippen LogP contribution in [0.25, 0.3) is 33.1 Å². The topological polar surface area (TPSA) is 16.8 Å². The molecule has 0 saturated carbocycles. The second kappa shape index (κ2) is 5.13. The molecule has 1 aromatic heterocycles. The maximum Gasteiger partial charge on any atom is 0.331 e. The first-order valence-corrected chi connectivity index (χ1v) is 7.57. The lowest BCUT2D eigenvalue weighted by Gasteiger charge is -2.05. The Hall–Kier alpha value is -2.81. The molecule has 0 unspecified atom stereocenters. The molecule has 3 heteroatoms. The standard InChI is InChI=1S/C20H16FN2/c1-13-5-3-4-6-18(13)20-22-19-11-15-10-17(21)8-7-14(15)9-16(19)12-23(20)2/h3-12H,1-2H3/q+1. The SMILES string of the molecule is Cc1ccccc1-c1nc2cc3cc(F)ccc3cc2c[n+]1C. The molecular formula is C20H16FN2+. The number of hydrogen-bond acceptors (Lipinski definition) is 1. The minimum absolute atomic E-state index is 0.225. The van der Waals surface area contributed by atoms with E-state index in [2.05, 4.69) is 31.3 Å². The first-order valence-electron chi connectivity index (χ1n) is 7.57. The molecule has 0 aliphatic heterocycles. The van der Waals surface area contributed by atoms with Crippen LogP contribution in [0, 0.1) is 12.7 Å². The van der Waals surface area contributed by atoms with E-state index in [1.807, 2.05) is 29.8 Å². The van der Waals surface area contributed by atoms with Gasteiger partial charge in [-0.05, 0) is 58.6 Å². The summed E-state index contributed by atoms with van der Waals surface area (Å²) in [5.41, 5.74) is 3.16. The van der Waals surface area contributed by atoms with Gasteiger partial charge in [-0.2, -0.15) is 0 Å². The molecule has 0 bridgehead atoms. The summed E-state index contributed by atoms with van der Waals surface area (Å²) in [7, 11) is 2.00. The van der Waals surface area contributed by atoms with Gasteiger partial charge in [0.25, 0.3) is 0 Å². The van der Waals surface area contributed by atoms with Crippen molar-refractivity contribution < 1.29 is 8.96 Å². The zero-order valence-corrected chi connectivity index (χ0v) is 13.0. The van der Waals surface area contributed by atoms with Gasteiger partial charge < -0.3 is 0 Å². The van der Waals surface area contributed by atoms with E-state index in [4.69, 9.17) is 4.98 Å². The normalized spacial score (nSPS) is 11.3. The Balaban J connectivity index is 2.02. The number of nitrogens with zero attached hydrogens (tertiary/aromatic N) is 2. The van der Waals surface area contributed by atoms with Crippen LogP contribution in [0.3, 0.4) is 0 Å². The lowest BCUT2D eigenvalue weighted by Crippen LogP contribution is -2.32. The fraction of sp³-hybridized carbons (Fsp3) is 0.100. The molecule has 0 saturated heterocycles. The lowest BCUT2D eigenvalue weighted by molar-refractivity contribution is -0.661. The molecule has 0 N–H and O–H groups in total. The first-order chi connectivity index (χ1) is 11.1. The van der Waals surface area contributed by atoms with Crippen LogP contribution < -0.4 is 4.57 Å². The Kier molecular flexibility index (Phi) is 3.08. The second-order valence-electron chi connectivity index (χ2n) is 5.89. The minimum Gasteiger partial charge on any atom is -0.232 e. The fourth-order valence-electron chi connectivity index (χ4n) is 3.01. The highest BCUT2D eigenvalue weighted by atomic mass is 19.1. The van der Waals surface area contributed by atoms with Crippen LogP contribution in [-0.2, 0) is 7.05 Å². The number of aromatic nitrogens is 2. The summed E-state index contributed by atoms with van der Waals surface area (Å²) in [4.78, 5) is 4.83. The van der Waals surface area contributed by atoms with Crippen molar-refractivity contribution in [3.05, 3.63) is 72.2 Å². The van der Waals surface area contributed by atoms with Gasteiger partial charge in [-0.1, -0.05) is 24.3 Å². The van der Waals surface area contributed by atoms with Gasteiger partial charge in [0.1, 0.15) is 12.0 Å². The molecule has 0 fully saturated rings. The Bertz CT molecular complexity index is 1050. The van der Waals surface area contributed by atoms with E-state index in [0.717, 1.165) is 33.1 Å². The average molecular weight is 303 g/mol. The van der Waals surface area contributed by atoms with Crippen LogP contribution >= 0.6 is 0 Å². The zero-order chi connectivity index (χ0) is 16.0. The Morgan fingerprint density at radius 3 is 2.57 bits per heavy atom. The molecule has 112 valence electrons. The smallest absolute Gasteiger partial charge is 0.232 e. The van der Waals surface area contributed by atoms with Crippen LogP contribution in [0.2, 0.25) is 0 Å². The van der Waals surface area contributed by atoms with Crippen LogP contribution in [0.1, 0.15) is 5.56 Å². The van der Waals surface area contributed by atoms with Crippen molar-refractivity contribution in [2.75, 3.05) is 0 Å². The quantitative estimate of drug-likeness (QED) is 0.378. The van der Waals surface area contributed by atoms with Crippen molar-refractivity contribution in [2.24, 2.45) is 7.05 Å². The summed E-state index contributed by atoms with van der Waals surface area (Å²) >= 11 is 0. The summed E-state index contributed by atoms with van der Waals surface area (Å²) < 4.78 is 15.5. The van der Waals surface area contributed by atoms with Gasteiger partial charge in [-0.25, -0.2) is 8.96 Å². The van der Waals surface area contributed by atoms with E-state index in [-0.39, 0.29) is 5.82 Å². The van der Waals surface area contributed by atoms with Gasteiger partial charge in [-0.15, -0.1) is 0 Å². The molecule has 4 rings (SSSR count). The molecule has 0 aliphatic rings. The van der Waals surface area contributed by atoms with E-state index >= 15 is 0 Å². The van der Waals surface area contributed by atoms with Crippen molar-refractivity contribution in [3.8, 4) is 11.4 Å². The molecule has 3 aromatic carbocycles. The van der Waals surface area contributed by atoms with Gasteiger partial charge in [-0.3, -0.25) is 0 Å². The summed E-state index contributed by atoms with van der Waals surface area (Å²) in [6.07, 6.45) is 2.08. The Labute approximate surface area is 133 Å². The van der Waals surface area contributed by atoms with Crippen LogP contribution in [0.5, 0.6) is 0 Å². The average Bonchev–Trinajstić information content (AvgIpc) is 2.53. The number of benzene rings is 3. The second-order valence-corrected chi connectivity index (χ2v) is 5.89. The molecule has 0 spiro atoms. The van der Waals surface area contributed by atoms with Gasteiger partial charge in [0.2, 0.25) is 0 Å². The molecule has 0 amide bonds. The number of halogens is 1. The van der Waals surface area contributed by atoms with Gasteiger partial charge in [0.05, 0.1) is 18.0 Å². The highest BCUT2D eigenvalue weighted by Crippen LogP contribution is 2.24. The summed E-state index contributed by atoms with van der Waals surface area (Å²) in [6.45, 7) is 2.08. The number of aryl methyl sites for hydroxylation is 2. The van der Waals surface area contributed by atoms with E-state index in [9.17, 15) is 4.39 Å². The number of hydrogen-bond donors (Lipinski definition) is 0. The van der Waals surface area contributed by atoms with Crippen molar-refractivity contribution >= 4 is 21.7 Å². The summed E-state index contributed by atoms with van der Waals surface area (Å²) in [5.74, 6) is 0.684. The van der Waals surface area contributed by atoms with E-state index < -0.39 is 0 Å². The summed E-state index contributed by atoms with van der Waals surface area (Å²) in [6, 6.07) is 17.1. The monoisotopic (exact) mass is 303 g/mol. The van der Waals surface area contributed by atoms with Gasteiger partial charge in [0, 0.05) is 0 Å². The fourth-order valence-corrected chi connectivity index (χ4v) is 3.01. The molecule has 2 nitrogen and oxygen atoms in total. The molecule has 0 atom stereocenters. The molecule has 0 aliphatic carbocycles. The predicted octanol–water partition coefficient (Wildman–Crippen LogP) is 4.33. The Morgan fingerprint density at radius 1 is 0.913 bits per heavy atom. The zero-order valence-electron chi connectivity index (χ0n) is 13.0. The maximum absolute atomic E-state index is 13.5. The van der Waals surface area contributed by atoms with E-state index in [1.54, 1.807) is 12.1 Å². The van der Waals surface area contributed by atoms with Crippen LogP contribution in [-0.4, -0.2) is 4.98 Å². The summed E-state index contributed by atoms with van der Waals surface area (Å²) in [5, 5.41) is 2.93. The third kappa shape index (κ3) is 2.34. The van der Waals surface area contributed by atoms with Gasteiger partial charge in [0.15, 0.2) is 5.52 Å². The lowest BCUT2D eigenvalue weighted by atomic mass is 10.1. The van der Waals surface area contributed by atoms with Gasteiger partial charge >= 0.3 is 5.82 Å². The third-order valence-electron chi connectivity index (χ3n) is 4.23. The highest BCUT2D eigenvalue weighted by molar-refractivity contribution is 5.96. The van der Waals surface area contributed by atoms with Crippen LogP contribution in [0.15, 0.2) is 60.8 Å². The van der Waals surface area contributed by atoms with Crippen LogP contribution in [0.4, 0.5) is 4.39 Å². The van der Waals surface area contributed by atoms with Crippen molar-refractivity contribution in [3.63, 3.8) is 0 Å². The molecule has 1 heterocycles. The minimum atomic E-state index is -0.225. The third-order valence-corrected chi connectivity index (χ3v) is 4.23. The highest BCUT2D eigenvalue weighted by Gasteiger charge is 2.17. The van der Waals surface area contributed by atoms with Crippen molar-refractivity contribution in [1.82, 2.24) is 4.98 Å². The molecule has 0 radical (unpaired) electrons. The largest absolute Gasteiger partial charge is 0.331 e. The van der Waals surface area contributed by atoms with E-state index in [1.165, 1.54) is 11.6 Å². The van der Waals surface area contributed by atoms with Crippen molar-refractivity contribution in [1.29, 1.82) is 0 Å². The number of fused-ring (bicyclic) bond motifs is 2. The molecular weight excluding hydrogens is 287 g/mol. The first kappa shape index (κ1) is 13.8. The maximum atomic E-state index is 13.5. The Morgan fingerprint density at radius 2 is 1.74 bits per heavy atom. The number of rotatable bonds is 1. The molecule has 4 aromatic rings.